The van der Waals surface area contributed by atoms with E-state index >= 15 is 0 Å². The predicted molar refractivity (Wildman–Crippen MR) is 77.3 cm³/mol. The van der Waals surface area contributed by atoms with Gasteiger partial charge in [0.1, 0.15) is 6.26 Å². The van der Waals surface area contributed by atoms with Crippen molar-refractivity contribution in [2.24, 2.45) is 5.73 Å². The zero-order valence-corrected chi connectivity index (χ0v) is 11.7. The standard InChI is InChI=1S/C14H16ClN3O2/c15-11-4-2-10(3-5-11)14-18-12(9-20-14)8-13(19)17-7-1-6-16/h2-5,9H,1,6-8,16H2,(H,17,19). The van der Waals surface area contributed by atoms with E-state index < -0.39 is 0 Å². The van der Waals surface area contributed by atoms with Crippen molar-refractivity contribution in [2.45, 2.75) is 12.8 Å². The first-order chi connectivity index (χ1) is 9.69. The lowest BCUT2D eigenvalue weighted by Gasteiger charge is -2.01. The molecule has 0 radical (unpaired) electrons. The Kier molecular flexibility index (Phi) is 5.15. The Hall–Kier alpha value is -1.85. The summed E-state index contributed by atoms with van der Waals surface area (Å²) in [6.07, 6.45) is 2.45. The number of amides is 1. The second kappa shape index (κ2) is 7.07. The third-order valence-corrected chi connectivity index (χ3v) is 2.94. The molecule has 1 aromatic carbocycles. The van der Waals surface area contributed by atoms with Crippen molar-refractivity contribution in [1.29, 1.82) is 0 Å². The minimum atomic E-state index is -0.0885. The molecule has 5 nitrogen and oxygen atoms in total. The van der Waals surface area contributed by atoms with E-state index in [0.717, 1.165) is 12.0 Å². The van der Waals surface area contributed by atoms with Gasteiger partial charge >= 0.3 is 0 Å². The normalized spacial score (nSPS) is 10.5. The van der Waals surface area contributed by atoms with Gasteiger partial charge in [-0.2, -0.15) is 0 Å². The fourth-order valence-electron chi connectivity index (χ4n) is 1.67. The summed E-state index contributed by atoms with van der Waals surface area (Å²) in [5.74, 6) is 0.390. The highest BCUT2D eigenvalue weighted by atomic mass is 35.5. The van der Waals surface area contributed by atoms with Gasteiger partial charge in [0.05, 0.1) is 12.1 Å². The van der Waals surface area contributed by atoms with Crippen molar-refractivity contribution < 1.29 is 9.21 Å². The summed E-state index contributed by atoms with van der Waals surface area (Å²) in [4.78, 5) is 15.9. The molecule has 0 spiro atoms. The summed E-state index contributed by atoms with van der Waals surface area (Å²) in [6, 6.07) is 7.17. The molecule has 2 aromatic rings. The van der Waals surface area contributed by atoms with E-state index in [1.807, 2.05) is 12.1 Å². The number of benzene rings is 1. The fourth-order valence-corrected chi connectivity index (χ4v) is 1.80. The summed E-state index contributed by atoms with van der Waals surface area (Å²) < 4.78 is 5.36. The van der Waals surface area contributed by atoms with Gasteiger partial charge in [0.25, 0.3) is 0 Å². The zero-order chi connectivity index (χ0) is 14.4. The molecule has 0 saturated carbocycles. The molecule has 3 N–H and O–H groups in total. The number of carbonyl (C=O) groups excluding carboxylic acids is 1. The molecule has 20 heavy (non-hydrogen) atoms. The van der Waals surface area contributed by atoms with Crippen molar-refractivity contribution in [3.8, 4) is 11.5 Å². The molecule has 0 saturated heterocycles. The van der Waals surface area contributed by atoms with Crippen LogP contribution in [0.25, 0.3) is 11.5 Å². The number of aromatic nitrogens is 1. The van der Waals surface area contributed by atoms with Crippen molar-refractivity contribution >= 4 is 17.5 Å². The number of carbonyl (C=O) groups is 1. The summed E-state index contributed by atoms with van der Waals surface area (Å²) in [5.41, 5.74) is 6.78. The smallest absolute Gasteiger partial charge is 0.226 e. The Balaban J connectivity index is 1.95. The van der Waals surface area contributed by atoms with Gasteiger partial charge in [-0.1, -0.05) is 11.6 Å². The molecule has 2 rings (SSSR count). The fraction of sp³-hybridized carbons (Fsp3) is 0.286. The number of hydrogen-bond acceptors (Lipinski definition) is 4. The van der Waals surface area contributed by atoms with Crippen molar-refractivity contribution in [3.05, 3.63) is 41.2 Å². The maximum absolute atomic E-state index is 11.6. The van der Waals surface area contributed by atoms with Gasteiger partial charge in [-0.25, -0.2) is 4.98 Å². The van der Waals surface area contributed by atoms with Crippen LogP contribution < -0.4 is 11.1 Å². The highest BCUT2D eigenvalue weighted by Crippen LogP contribution is 2.20. The van der Waals surface area contributed by atoms with Gasteiger partial charge in [-0.3, -0.25) is 4.79 Å². The maximum atomic E-state index is 11.6. The first-order valence-corrected chi connectivity index (χ1v) is 6.74. The van der Waals surface area contributed by atoms with Crippen LogP contribution in [0.3, 0.4) is 0 Å². The van der Waals surface area contributed by atoms with Crippen LogP contribution in [-0.4, -0.2) is 24.0 Å². The average Bonchev–Trinajstić information content (AvgIpc) is 2.88. The Morgan fingerprint density at radius 1 is 1.35 bits per heavy atom. The van der Waals surface area contributed by atoms with Crippen LogP contribution in [0.4, 0.5) is 0 Å². The van der Waals surface area contributed by atoms with E-state index in [1.165, 1.54) is 6.26 Å². The topological polar surface area (TPSA) is 81.1 Å². The van der Waals surface area contributed by atoms with Crippen LogP contribution in [0, 0.1) is 0 Å². The molecule has 0 aliphatic rings. The van der Waals surface area contributed by atoms with Gasteiger partial charge in [0.15, 0.2) is 0 Å². The van der Waals surface area contributed by atoms with Gasteiger partial charge in [0.2, 0.25) is 11.8 Å². The molecule has 0 aliphatic heterocycles. The van der Waals surface area contributed by atoms with Crippen LogP contribution in [0.15, 0.2) is 34.9 Å². The molecule has 0 unspecified atom stereocenters. The van der Waals surface area contributed by atoms with Crippen molar-refractivity contribution in [2.75, 3.05) is 13.1 Å². The zero-order valence-electron chi connectivity index (χ0n) is 10.9. The molecule has 106 valence electrons. The summed E-state index contributed by atoms with van der Waals surface area (Å²) in [6.45, 7) is 1.14. The Labute approximate surface area is 122 Å². The van der Waals surface area contributed by atoms with E-state index in [-0.39, 0.29) is 12.3 Å². The van der Waals surface area contributed by atoms with Crippen LogP contribution >= 0.6 is 11.6 Å². The molecule has 0 bridgehead atoms. The van der Waals surface area contributed by atoms with E-state index in [9.17, 15) is 4.79 Å². The second-order valence-electron chi connectivity index (χ2n) is 4.32. The SMILES string of the molecule is NCCCNC(=O)Cc1coc(-c2ccc(Cl)cc2)n1. The third kappa shape index (κ3) is 4.08. The molecule has 1 aromatic heterocycles. The highest BCUT2D eigenvalue weighted by molar-refractivity contribution is 6.30. The van der Waals surface area contributed by atoms with Crippen LogP contribution in [0.5, 0.6) is 0 Å². The number of rotatable bonds is 6. The minimum absolute atomic E-state index is 0.0885. The Morgan fingerprint density at radius 3 is 2.80 bits per heavy atom. The first kappa shape index (κ1) is 14.6. The largest absolute Gasteiger partial charge is 0.444 e. The van der Waals surface area contributed by atoms with Crippen LogP contribution in [0.1, 0.15) is 12.1 Å². The third-order valence-electron chi connectivity index (χ3n) is 2.69. The number of nitrogens with two attached hydrogens (primary N) is 1. The Morgan fingerprint density at radius 2 is 2.10 bits per heavy atom. The monoisotopic (exact) mass is 293 g/mol. The number of hydrogen-bond donors (Lipinski definition) is 2. The molecule has 1 amide bonds. The van der Waals surface area contributed by atoms with E-state index in [1.54, 1.807) is 12.1 Å². The number of nitrogens with one attached hydrogen (secondary N) is 1. The van der Waals surface area contributed by atoms with Crippen molar-refractivity contribution in [1.82, 2.24) is 10.3 Å². The number of halogens is 1. The predicted octanol–water partition coefficient (Wildman–Crippen LogP) is 2.00. The Bertz CT molecular complexity index is 566. The molecule has 1 heterocycles. The summed E-state index contributed by atoms with van der Waals surface area (Å²) in [5, 5.41) is 3.42. The molecule has 0 fully saturated rings. The van der Waals surface area contributed by atoms with Gasteiger partial charge in [-0.05, 0) is 37.2 Å². The van der Waals surface area contributed by atoms with Gasteiger partial charge < -0.3 is 15.5 Å². The highest BCUT2D eigenvalue weighted by Gasteiger charge is 2.10. The number of oxazole rings is 1. The van der Waals surface area contributed by atoms with Crippen LogP contribution in [0.2, 0.25) is 5.02 Å². The quantitative estimate of drug-likeness (QED) is 0.798. The lowest BCUT2D eigenvalue weighted by atomic mass is 10.2. The summed E-state index contributed by atoms with van der Waals surface area (Å²) in [7, 11) is 0. The van der Waals surface area contributed by atoms with Gasteiger partial charge in [-0.15, -0.1) is 0 Å². The van der Waals surface area contributed by atoms with Crippen molar-refractivity contribution in [3.63, 3.8) is 0 Å². The maximum Gasteiger partial charge on any atom is 0.226 e. The van der Waals surface area contributed by atoms with E-state index in [2.05, 4.69) is 10.3 Å². The second-order valence-corrected chi connectivity index (χ2v) is 4.76. The molecule has 0 atom stereocenters. The van der Waals surface area contributed by atoms with E-state index in [4.69, 9.17) is 21.8 Å². The summed E-state index contributed by atoms with van der Waals surface area (Å²) >= 11 is 5.82. The number of nitrogens with zero attached hydrogens (tertiary/aromatic N) is 1. The lowest BCUT2D eigenvalue weighted by Crippen LogP contribution is -2.27. The first-order valence-electron chi connectivity index (χ1n) is 6.36. The molecular weight excluding hydrogens is 278 g/mol. The van der Waals surface area contributed by atoms with Crippen LogP contribution in [-0.2, 0) is 11.2 Å². The molecular formula is C14H16ClN3O2. The average molecular weight is 294 g/mol. The van der Waals surface area contributed by atoms with E-state index in [0.29, 0.717) is 29.7 Å². The molecule has 0 aliphatic carbocycles. The molecule has 6 heteroatoms. The lowest BCUT2D eigenvalue weighted by molar-refractivity contribution is -0.120. The minimum Gasteiger partial charge on any atom is -0.444 e. The van der Waals surface area contributed by atoms with Gasteiger partial charge in [0, 0.05) is 17.1 Å².